The zero-order valence-corrected chi connectivity index (χ0v) is 15.9. The first-order chi connectivity index (χ1) is 14.3. The Morgan fingerprint density at radius 3 is 2.41 bits per heavy atom. The summed E-state index contributed by atoms with van der Waals surface area (Å²) in [6, 6.07) is 22.2. The molecular formula is C24H21FN4. The Balaban J connectivity index is 1.34. The molecule has 1 heterocycles. The Kier molecular flexibility index (Phi) is 4.66. The van der Waals surface area contributed by atoms with Crippen LogP contribution in [-0.4, -0.2) is 21.2 Å². The highest BCUT2D eigenvalue weighted by molar-refractivity contribution is 5.70. The second-order valence-electron chi connectivity index (χ2n) is 7.46. The van der Waals surface area contributed by atoms with Gasteiger partial charge < -0.3 is 5.32 Å². The third-order valence-corrected chi connectivity index (χ3v) is 5.55. The number of rotatable bonds is 5. The van der Waals surface area contributed by atoms with Crippen LogP contribution in [0.4, 0.5) is 4.39 Å². The molecule has 0 fully saturated rings. The monoisotopic (exact) mass is 384 g/mol. The zero-order chi connectivity index (χ0) is 19.6. The summed E-state index contributed by atoms with van der Waals surface area (Å²) in [5.74, 6) is 0.471. The molecule has 0 unspecified atom stereocenters. The fourth-order valence-electron chi connectivity index (χ4n) is 4.03. The van der Waals surface area contributed by atoms with Gasteiger partial charge in [-0.15, -0.1) is 0 Å². The maximum atomic E-state index is 14.5. The molecule has 0 spiro atoms. The van der Waals surface area contributed by atoms with Crippen molar-refractivity contribution in [3.05, 3.63) is 95.6 Å². The molecule has 144 valence electrons. The van der Waals surface area contributed by atoms with E-state index in [-0.39, 0.29) is 5.82 Å². The van der Waals surface area contributed by atoms with Gasteiger partial charge in [0.25, 0.3) is 0 Å². The predicted octanol–water partition coefficient (Wildman–Crippen LogP) is 4.53. The Morgan fingerprint density at radius 1 is 0.897 bits per heavy atom. The van der Waals surface area contributed by atoms with E-state index >= 15 is 0 Å². The van der Waals surface area contributed by atoms with Gasteiger partial charge in [0.1, 0.15) is 12.1 Å². The van der Waals surface area contributed by atoms with E-state index in [1.165, 1.54) is 11.1 Å². The standard InChI is InChI=1S/C24H21FN4/c25-23-9-8-19(16-6-3-7-20(10-16)24-27-15-28-29-24)11-21(23)14-26-22-12-17-4-1-2-5-18(17)13-22/h1-11,15,22,26H,12-14H2,(H,27,28,29). The van der Waals surface area contributed by atoms with Gasteiger partial charge in [0.05, 0.1) is 0 Å². The van der Waals surface area contributed by atoms with Crippen molar-refractivity contribution in [2.45, 2.75) is 25.4 Å². The maximum absolute atomic E-state index is 14.5. The van der Waals surface area contributed by atoms with Gasteiger partial charge >= 0.3 is 0 Å². The molecule has 0 saturated carbocycles. The molecule has 0 radical (unpaired) electrons. The van der Waals surface area contributed by atoms with Gasteiger partial charge in [-0.1, -0.05) is 48.5 Å². The Hall–Kier alpha value is -3.31. The summed E-state index contributed by atoms with van der Waals surface area (Å²) in [6.07, 6.45) is 3.55. The Labute approximate surface area is 168 Å². The first-order valence-electron chi connectivity index (χ1n) is 9.81. The molecule has 1 aliphatic rings. The minimum absolute atomic E-state index is 0.179. The first-order valence-corrected chi connectivity index (χ1v) is 9.81. The molecule has 3 aromatic carbocycles. The topological polar surface area (TPSA) is 53.6 Å². The molecule has 4 aromatic rings. The summed E-state index contributed by atoms with van der Waals surface area (Å²) in [7, 11) is 0. The molecule has 0 bridgehead atoms. The van der Waals surface area contributed by atoms with E-state index in [2.05, 4.69) is 44.8 Å². The number of benzene rings is 3. The maximum Gasteiger partial charge on any atom is 0.180 e. The number of nitrogens with zero attached hydrogens (tertiary/aromatic N) is 2. The first kappa shape index (κ1) is 17.8. The molecule has 1 aliphatic carbocycles. The normalized spacial score (nSPS) is 13.6. The third-order valence-electron chi connectivity index (χ3n) is 5.55. The highest BCUT2D eigenvalue weighted by atomic mass is 19.1. The molecule has 5 heteroatoms. The minimum atomic E-state index is -0.179. The van der Waals surface area contributed by atoms with E-state index in [0.29, 0.717) is 24.0 Å². The van der Waals surface area contributed by atoms with Crippen molar-refractivity contribution in [3.8, 4) is 22.5 Å². The second kappa shape index (κ2) is 7.60. The number of aromatic amines is 1. The van der Waals surface area contributed by atoms with Crippen LogP contribution in [0.25, 0.3) is 22.5 Å². The summed E-state index contributed by atoms with van der Waals surface area (Å²) in [5, 5.41) is 10.4. The molecule has 2 N–H and O–H groups in total. The van der Waals surface area contributed by atoms with Crippen LogP contribution in [-0.2, 0) is 19.4 Å². The van der Waals surface area contributed by atoms with Crippen molar-refractivity contribution in [2.75, 3.05) is 0 Å². The number of H-pyrrole nitrogens is 1. The number of fused-ring (bicyclic) bond motifs is 1. The lowest BCUT2D eigenvalue weighted by molar-refractivity contribution is 0.516. The quantitative estimate of drug-likeness (QED) is 0.531. The largest absolute Gasteiger partial charge is 0.309 e. The van der Waals surface area contributed by atoms with Gasteiger partial charge in [0.2, 0.25) is 0 Å². The molecule has 1 aromatic heterocycles. The highest BCUT2D eigenvalue weighted by Crippen LogP contribution is 2.27. The lowest BCUT2D eigenvalue weighted by atomic mass is 10.0. The number of hydrogen-bond donors (Lipinski definition) is 2. The van der Waals surface area contributed by atoms with Crippen LogP contribution < -0.4 is 5.32 Å². The van der Waals surface area contributed by atoms with Gasteiger partial charge in [0, 0.05) is 23.7 Å². The predicted molar refractivity (Wildman–Crippen MR) is 112 cm³/mol. The van der Waals surface area contributed by atoms with Crippen molar-refractivity contribution >= 4 is 0 Å². The molecule has 0 aliphatic heterocycles. The van der Waals surface area contributed by atoms with Crippen LogP contribution in [0.5, 0.6) is 0 Å². The van der Waals surface area contributed by atoms with Gasteiger partial charge in [-0.25, -0.2) is 9.37 Å². The van der Waals surface area contributed by atoms with Gasteiger partial charge in [0.15, 0.2) is 5.82 Å². The molecule has 0 amide bonds. The summed E-state index contributed by atoms with van der Waals surface area (Å²) in [4.78, 5) is 4.21. The van der Waals surface area contributed by atoms with E-state index in [1.54, 1.807) is 12.4 Å². The minimum Gasteiger partial charge on any atom is -0.309 e. The van der Waals surface area contributed by atoms with Gasteiger partial charge in [-0.3, -0.25) is 5.10 Å². The van der Waals surface area contributed by atoms with Crippen LogP contribution in [0.3, 0.4) is 0 Å². The zero-order valence-electron chi connectivity index (χ0n) is 15.9. The van der Waals surface area contributed by atoms with E-state index in [4.69, 9.17) is 0 Å². The third kappa shape index (κ3) is 3.69. The average Bonchev–Trinajstić information content (AvgIpc) is 3.43. The molecular weight excluding hydrogens is 363 g/mol. The molecule has 5 rings (SSSR count). The van der Waals surface area contributed by atoms with E-state index < -0.39 is 0 Å². The van der Waals surface area contributed by atoms with Crippen molar-refractivity contribution < 1.29 is 4.39 Å². The summed E-state index contributed by atoms with van der Waals surface area (Å²) in [5.41, 5.74) is 6.39. The molecule has 4 nitrogen and oxygen atoms in total. The Morgan fingerprint density at radius 2 is 1.66 bits per heavy atom. The van der Waals surface area contributed by atoms with Crippen LogP contribution in [0.15, 0.2) is 73.1 Å². The molecule has 0 atom stereocenters. The van der Waals surface area contributed by atoms with Gasteiger partial charge in [-0.05, 0) is 53.3 Å². The van der Waals surface area contributed by atoms with Crippen LogP contribution in [0.1, 0.15) is 16.7 Å². The number of hydrogen-bond acceptors (Lipinski definition) is 3. The van der Waals surface area contributed by atoms with Crippen molar-refractivity contribution in [2.24, 2.45) is 0 Å². The fraction of sp³-hybridized carbons (Fsp3) is 0.167. The SMILES string of the molecule is Fc1ccc(-c2cccc(-c3nc[nH]n3)c2)cc1CNC1Cc2ccccc2C1. The van der Waals surface area contributed by atoms with Gasteiger partial charge in [-0.2, -0.15) is 5.10 Å². The second-order valence-corrected chi connectivity index (χ2v) is 7.46. The Bertz CT molecular complexity index is 1110. The van der Waals surface area contributed by atoms with E-state index in [0.717, 1.165) is 29.5 Å². The van der Waals surface area contributed by atoms with Crippen LogP contribution in [0.2, 0.25) is 0 Å². The summed E-state index contributed by atoms with van der Waals surface area (Å²) >= 11 is 0. The van der Waals surface area contributed by atoms with E-state index in [1.807, 2.05) is 36.4 Å². The van der Waals surface area contributed by atoms with Crippen molar-refractivity contribution in [1.29, 1.82) is 0 Å². The summed E-state index contributed by atoms with van der Waals surface area (Å²) in [6.45, 7) is 0.513. The van der Waals surface area contributed by atoms with E-state index in [9.17, 15) is 4.39 Å². The average molecular weight is 384 g/mol. The van der Waals surface area contributed by atoms with Crippen LogP contribution in [0, 0.1) is 5.82 Å². The van der Waals surface area contributed by atoms with Crippen molar-refractivity contribution in [1.82, 2.24) is 20.5 Å². The van der Waals surface area contributed by atoms with Crippen molar-refractivity contribution in [3.63, 3.8) is 0 Å². The highest BCUT2D eigenvalue weighted by Gasteiger charge is 2.20. The van der Waals surface area contributed by atoms with Crippen LogP contribution >= 0.6 is 0 Å². The lowest BCUT2D eigenvalue weighted by Crippen LogP contribution is -2.29. The fourth-order valence-corrected chi connectivity index (χ4v) is 4.03. The smallest absolute Gasteiger partial charge is 0.180 e. The number of halogens is 1. The molecule has 0 saturated heterocycles. The number of nitrogens with one attached hydrogen (secondary N) is 2. The lowest BCUT2D eigenvalue weighted by Gasteiger charge is -2.14. The summed E-state index contributed by atoms with van der Waals surface area (Å²) < 4.78 is 14.5. The molecule has 29 heavy (non-hydrogen) atoms. The number of aromatic nitrogens is 3.